The van der Waals surface area contributed by atoms with Gasteiger partial charge < -0.3 is 5.11 Å². The van der Waals surface area contributed by atoms with Crippen LogP contribution in [0.3, 0.4) is 0 Å². The SMILES string of the molecule is CCC(CC)(c1ccc(Br)c(C)c1)c1cc(C)c(O)c(C)c1. The lowest BCUT2D eigenvalue weighted by Gasteiger charge is -2.34. The summed E-state index contributed by atoms with van der Waals surface area (Å²) in [6.07, 6.45) is 2.07. The van der Waals surface area contributed by atoms with Crippen molar-refractivity contribution in [3.8, 4) is 5.75 Å². The smallest absolute Gasteiger partial charge is 0.121 e. The Kier molecular flexibility index (Phi) is 5.01. The molecule has 2 aromatic carbocycles. The maximum Gasteiger partial charge on any atom is 0.121 e. The number of phenolic OH excluding ortho intramolecular Hbond substituents is 1. The highest BCUT2D eigenvalue weighted by atomic mass is 79.9. The van der Waals surface area contributed by atoms with Gasteiger partial charge in [0.05, 0.1) is 0 Å². The minimum Gasteiger partial charge on any atom is -0.507 e. The Labute approximate surface area is 142 Å². The van der Waals surface area contributed by atoms with E-state index in [1.807, 2.05) is 13.8 Å². The van der Waals surface area contributed by atoms with E-state index in [1.54, 1.807) is 0 Å². The molecule has 0 heterocycles. The molecule has 0 aliphatic carbocycles. The number of hydrogen-bond acceptors (Lipinski definition) is 1. The van der Waals surface area contributed by atoms with Gasteiger partial charge in [0.25, 0.3) is 0 Å². The first-order chi connectivity index (χ1) is 10.4. The summed E-state index contributed by atoms with van der Waals surface area (Å²) >= 11 is 3.60. The fraction of sp³-hybridized carbons (Fsp3) is 0.400. The van der Waals surface area contributed by atoms with E-state index in [1.165, 1.54) is 16.7 Å². The van der Waals surface area contributed by atoms with Crippen LogP contribution in [-0.4, -0.2) is 5.11 Å². The molecular weight excluding hydrogens is 336 g/mol. The largest absolute Gasteiger partial charge is 0.507 e. The number of aromatic hydroxyl groups is 1. The second-order valence-corrected chi connectivity index (χ2v) is 7.07. The second kappa shape index (κ2) is 6.45. The summed E-state index contributed by atoms with van der Waals surface area (Å²) in [5.41, 5.74) is 5.81. The molecule has 0 atom stereocenters. The van der Waals surface area contributed by atoms with E-state index >= 15 is 0 Å². The minimum atomic E-state index is -0.00528. The summed E-state index contributed by atoms with van der Waals surface area (Å²) in [7, 11) is 0. The van der Waals surface area contributed by atoms with E-state index in [9.17, 15) is 5.11 Å². The Morgan fingerprint density at radius 3 is 1.82 bits per heavy atom. The van der Waals surface area contributed by atoms with Crippen molar-refractivity contribution in [1.82, 2.24) is 0 Å². The quantitative estimate of drug-likeness (QED) is 0.689. The van der Waals surface area contributed by atoms with E-state index in [0.717, 1.165) is 28.4 Å². The van der Waals surface area contributed by atoms with Crippen molar-refractivity contribution in [3.63, 3.8) is 0 Å². The van der Waals surface area contributed by atoms with Crippen LogP contribution in [0.2, 0.25) is 0 Å². The minimum absolute atomic E-state index is 0.00528. The van der Waals surface area contributed by atoms with Crippen molar-refractivity contribution in [3.05, 3.63) is 62.6 Å². The monoisotopic (exact) mass is 360 g/mol. The third kappa shape index (κ3) is 2.81. The predicted molar refractivity (Wildman–Crippen MR) is 97.8 cm³/mol. The number of rotatable bonds is 4. The Morgan fingerprint density at radius 2 is 1.36 bits per heavy atom. The highest BCUT2D eigenvalue weighted by Crippen LogP contribution is 2.41. The Bertz CT molecular complexity index is 661. The summed E-state index contributed by atoms with van der Waals surface area (Å²) in [5.74, 6) is 0.414. The van der Waals surface area contributed by atoms with Gasteiger partial charge in [-0.3, -0.25) is 0 Å². The van der Waals surface area contributed by atoms with Crippen molar-refractivity contribution in [1.29, 1.82) is 0 Å². The van der Waals surface area contributed by atoms with Crippen LogP contribution in [0.5, 0.6) is 5.75 Å². The average Bonchev–Trinajstić information content (AvgIpc) is 2.50. The molecule has 0 aliphatic rings. The topological polar surface area (TPSA) is 20.2 Å². The van der Waals surface area contributed by atoms with E-state index in [0.29, 0.717) is 5.75 Å². The summed E-state index contributed by atoms with van der Waals surface area (Å²) in [5, 5.41) is 10.1. The first kappa shape index (κ1) is 17.1. The number of halogens is 1. The van der Waals surface area contributed by atoms with Crippen molar-refractivity contribution >= 4 is 15.9 Å². The molecule has 0 saturated carbocycles. The van der Waals surface area contributed by atoms with Crippen LogP contribution >= 0.6 is 15.9 Å². The van der Waals surface area contributed by atoms with Gasteiger partial charge in [0.1, 0.15) is 5.75 Å². The fourth-order valence-electron chi connectivity index (χ4n) is 3.41. The molecule has 2 heteroatoms. The zero-order valence-electron chi connectivity index (χ0n) is 14.1. The van der Waals surface area contributed by atoms with E-state index < -0.39 is 0 Å². The summed E-state index contributed by atoms with van der Waals surface area (Å²) in [6, 6.07) is 10.9. The zero-order chi connectivity index (χ0) is 16.5. The van der Waals surface area contributed by atoms with Crippen LogP contribution < -0.4 is 0 Å². The standard InChI is InChI=1S/C20H25BrO/c1-6-20(7-2,16-8-9-18(21)13(3)10-16)17-11-14(4)19(22)15(5)12-17/h8-12,22H,6-7H2,1-5H3. The molecule has 2 rings (SSSR count). The van der Waals surface area contributed by atoms with Crippen molar-refractivity contribution in [2.45, 2.75) is 52.9 Å². The molecule has 0 unspecified atom stereocenters. The van der Waals surface area contributed by atoms with E-state index in [2.05, 4.69) is 67.0 Å². The molecule has 118 valence electrons. The lowest BCUT2D eigenvalue weighted by molar-refractivity contribution is 0.458. The Balaban J connectivity index is 2.69. The van der Waals surface area contributed by atoms with Gasteiger partial charge in [0, 0.05) is 9.89 Å². The van der Waals surface area contributed by atoms with Crippen molar-refractivity contribution < 1.29 is 5.11 Å². The fourth-order valence-corrected chi connectivity index (χ4v) is 3.65. The third-order valence-corrected chi connectivity index (χ3v) is 5.85. The van der Waals surface area contributed by atoms with Crippen molar-refractivity contribution in [2.24, 2.45) is 0 Å². The molecule has 0 bridgehead atoms. The summed E-state index contributed by atoms with van der Waals surface area (Å²) < 4.78 is 1.15. The molecule has 0 radical (unpaired) electrons. The summed E-state index contributed by atoms with van der Waals surface area (Å²) in [4.78, 5) is 0. The van der Waals surface area contributed by atoms with Gasteiger partial charge >= 0.3 is 0 Å². The lowest BCUT2D eigenvalue weighted by Crippen LogP contribution is -2.26. The third-order valence-electron chi connectivity index (χ3n) is 4.96. The highest BCUT2D eigenvalue weighted by molar-refractivity contribution is 9.10. The molecule has 22 heavy (non-hydrogen) atoms. The van der Waals surface area contributed by atoms with Crippen LogP contribution in [0.15, 0.2) is 34.8 Å². The zero-order valence-corrected chi connectivity index (χ0v) is 15.7. The second-order valence-electron chi connectivity index (χ2n) is 6.21. The van der Waals surface area contributed by atoms with Gasteiger partial charge in [0.2, 0.25) is 0 Å². The molecule has 1 nitrogen and oxygen atoms in total. The van der Waals surface area contributed by atoms with Crippen molar-refractivity contribution in [2.75, 3.05) is 0 Å². The lowest BCUT2D eigenvalue weighted by atomic mass is 9.69. The van der Waals surface area contributed by atoms with Crippen LogP contribution in [0.1, 0.15) is 54.5 Å². The van der Waals surface area contributed by atoms with Gasteiger partial charge in [-0.15, -0.1) is 0 Å². The van der Waals surface area contributed by atoms with Crippen LogP contribution in [-0.2, 0) is 5.41 Å². The van der Waals surface area contributed by atoms with Gasteiger partial charge in [-0.05, 0) is 67.5 Å². The van der Waals surface area contributed by atoms with Crippen LogP contribution in [0.4, 0.5) is 0 Å². The Hall–Kier alpha value is -1.28. The van der Waals surface area contributed by atoms with Gasteiger partial charge in [-0.25, -0.2) is 0 Å². The first-order valence-corrected chi connectivity index (χ1v) is 8.72. The normalized spacial score (nSPS) is 11.7. The van der Waals surface area contributed by atoms with Crippen LogP contribution in [0.25, 0.3) is 0 Å². The van der Waals surface area contributed by atoms with Gasteiger partial charge in [0.15, 0.2) is 0 Å². The highest BCUT2D eigenvalue weighted by Gasteiger charge is 2.31. The van der Waals surface area contributed by atoms with Gasteiger partial charge in [-0.1, -0.05) is 54.0 Å². The average molecular weight is 361 g/mol. The molecule has 0 aliphatic heterocycles. The Morgan fingerprint density at radius 1 is 0.864 bits per heavy atom. The maximum atomic E-state index is 10.1. The number of hydrogen-bond donors (Lipinski definition) is 1. The number of benzene rings is 2. The summed E-state index contributed by atoms with van der Waals surface area (Å²) in [6.45, 7) is 10.6. The maximum absolute atomic E-state index is 10.1. The molecule has 2 aromatic rings. The van der Waals surface area contributed by atoms with E-state index in [-0.39, 0.29) is 5.41 Å². The molecule has 0 spiro atoms. The number of aryl methyl sites for hydroxylation is 3. The predicted octanol–water partition coefficient (Wildman–Crippen LogP) is 6.19. The number of phenols is 1. The van der Waals surface area contributed by atoms with Gasteiger partial charge in [-0.2, -0.15) is 0 Å². The molecule has 0 amide bonds. The molecular formula is C20H25BrO. The molecule has 0 aromatic heterocycles. The van der Waals surface area contributed by atoms with Crippen LogP contribution in [0, 0.1) is 20.8 Å². The molecule has 0 fully saturated rings. The first-order valence-electron chi connectivity index (χ1n) is 7.93. The molecule has 0 saturated heterocycles. The van der Waals surface area contributed by atoms with E-state index in [4.69, 9.17) is 0 Å². The molecule has 1 N–H and O–H groups in total.